The van der Waals surface area contributed by atoms with Crippen LogP contribution < -0.4 is 15.5 Å². The van der Waals surface area contributed by atoms with E-state index in [9.17, 15) is 4.79 Å². The first-order valence-electron chi connectivity index (χ1n) is 8.84. The number of amides is 1. The highest BCUT2D eigenvalue weighted by molar-refractivity contribution is 6.31. The van der Waals surface area contributed by atoms with E-state index in [-0.39, 0.29) is 18.5 Å². The zero-order valence-corrected chi connectivity index (χ0v) is 15.6. The van der Waals surface area contributed by atoms with Gasteiger partial charge in [-0.3, -0.25) is 4.79 Å². The van der Waals surface area contributed by atoms with E-state index >= 15 is 0 Å². The Morgan fingerprint density at radius 1 is 1.19 bits per heavy atom. The van der Waals surface area contributed by atoms with Crippen LogP contribution in [0.2, 0.25) is 5.02 Å². The van der Waals surface area contributed by atoms with Crippen LogP contribution in [-0.2, 0) is 9.53 Å². The highest BCUT2D eigenvalue weighted by atomic mass is 35.5. The van der Waals surface area contributed by atoms with E-state index < -0.39 is 0 Å². The lowest BCUT2D eigenvalue weighted by atomic mass is 10.1. The summed E-state index contributed by atoms with van der Waals surface area (Å²) in [4.78, 5) is 14.6. The van der Waals surface area contributed by atoms with Gasteiger partial charge in [-0.2, -0.15) is 0 Å². The highest BCUT2D eigenvalue weighted by Crippen LogP contribution is 2.29. The van der Waals surface area contributed by atoms with Crippen molar-refractivity contribution >= 4 is 28.9 Å². The van der Waals surface area contributed by atoms with Crippen LogP contribution >= 0.6 is 11.6 Å². The van der Waals surface area contributed by atoms with Crippen molar-refractivity contribution in [2.45, 2.75) is 13.0 Å². The normalized spacial score (nSPS) is 15.4. The Kier molecular flexibility index (Phi) is 6.36. The molecule has 0 aliphatic carbocycles. The number of benzene rings is 2. The number of morpholine rings is 1. The predicted octanol–water partition coefficient (Wildman–Crippen LogP) is 3.47. The van der Waals surface area contributed by atoms with Gasteiger partial charge in [0.2, 0.25) is 5.91 Å². The molecule has 138 valence electrons. The van der Waals surface area contributed by atoms with Gasteiger partial charge >= 0.3 is 0 Å². The van der Waals surface area contributed by atoms with Crippen molar-refractivity contribution in [1.82, 2.24) is 5.32 Å². The molecule has 2 aromatic rings. The first kappa shape index (κ1) is 18.5. The van der Waals surface area contributed by atoms with Crippen molar-refractivity contribution in [3.63, 3.8) is 0 Å². The Balaban J connectivity index is 1.61. The Bertz CT molecular complexity index is 733. The fraction of sp³-hybridized carbons (Fsp3) is 0.350. The lowest BCUT2D eigenvalue weighted by Gasteiger charge is -2.30. The molecule has 26 heavy (non-hydrogen) atoms. The summed E-state index contributed by atoms with van der Waals surface area (Å²) in [7, 11) is 0. The lowest BCUT2D eigenvalue weighted by molar-refractivity contribution is -0.120. The van der Waals surface area contributed by atoms with Crippen LogP contribution in [0.3, 0.4) is 0 Å². The fourth-order valence-electron chi connectivity index (χ4n) is 3.02. The highest BCUT2D eigenvalue weighted by Gasteiger charge is 2.16. The number of nitrogens with zero attached hydrogens (tertiary/aromatic N) is 1. The van der Waals surface area contributed by atoms with E-state index in [1.54, 1.807) is 0 Å². The van der Waals surface area contributed by atoms with Crippen LogP contribution in [0, 0.1) is 0 Å². The second kappa shape index (κ2) is 8.92. The van der Waals surface area contributed by atoms with Crippen LogP contribution in [-0.4, -0.2) is 38.8 Å². The molecule has 1 heterocycles. The molecular formula is C20H24ClN3O2. The van der Waals surface area contributed by atoms with E-state index in [0.29, 0.717) is 18.2 Å². The number of hydrogen-bond donors (Lipinski definition) is 2. The Labute approximate surface area is 159 Å². The van der Waals surface area contributed by atoms with Gasteiger partial charge in [-0.1, -0.05) is 41.9 Å². The van der Waals surface area contributed by atoms with Crippen LogP contribution in [0.4, 0.5) is 11.4 Å². The molecule has 0 spiro atoms. The molecule has 1 saturated heterocycles. The van der Waals surface area contributed by atoms with E-state index in [4.69, 9.17) is 16.3 Å². The van der Waals surface area contributed by atoms with Gasteiger partial charge in [0.05, 0.1) is 37.2 Å². The quantitative estimate of drug-likeness (QED) is 0.814. The summed E-state index contributed by atoms with van der Waals surface area (Å²) in [6, 6.07) is 15.6. The standard InChI is InChI=1S/C20H24ClN3O2/c1-15(16-5-3-2-4-6-16)23-20(25)14-22-18-13-17(21)7-8-19(18)24-9-11-26-12-10-24/h2-8,13,15,22H,9-12,14H2,1H3,(H,23,25)/t15-/m0/s1. The monoisotopic (exact) mass is 373 g/mol. The molecule has 0 saturated carbocycles. The number of ether oxygens (including phenoxy) is 1. The average molecular weight is 374 g/mol. The minimum Gasteiger partial charge on any atom is -0.378 e. The van der Waals surface area contributed by atoms with Crippen LogP contribution in [0.25, 0.3) is 0 Å². The molecular weight excluding hydrogens is 350 g/mol. The molecule has 1 aliphatic rings. The average Bonchev–Trinajstić information content (AvgIpc) is 2.68. The van der Waals surface area contributed by atoms with Crippen LogP contribution in [0.15, 0.2) is 48.5 Å². The van der Waals surface area contributed by atoms with Gasteiger partial charge in [0, 0.05) is 18.1 Å². The number of anilines is 2. The van der Waals surface area contributed by atoms with E-state index in [1.165, 1.54) is 0 Å². The third kappa shape index (κ3) is 4.90. The minimum absolute atomic E-state index is 0.0384. The molecule has 1 aliphatic heterocycles. The van der Waals surface area contributed by atoms with Gasteiger partial charge in [-0.25, -0.2) is 0 Å². The molecule has 0 bridgehead atoms. The smallest absolute Gasteiger partial charge is 0.239 e. The Morgan fingerprint density at radius 3 is 2.65 bits per heavy atom. The summed E-state index contributed by atoms with van der Waals surface area (Å²) >= 11 is 6.15. The van der Waals surface area contributed by atoms with Gasteiger partial charge in [0.1, 0.15) is 0 Å². The zero-order chi connectivity index (χ0) is 18.4. The molecule has 1 amide bonds. The first-order chi connectivity index (χ1) is 12.6. The number of carbonyl (C=O) groups is 1. The molecule has 5 nitrogen and oxygen atoms in total. The van der Waals surface area contributed by atoms with Crippen molar-refractivity contribution in [2.24, 2.45) is 0 Å². The first-order valence-corrected chi connectivity index (χ1v) is 9.22. The van der Waals surface area contributed by atoms with Crippen molar-refractivity contribution in [1.29, 1.82) is 0 Å². The largest absolute Gasteiger partial charge is 0.378 e. The van der Waals surface area contributed by atoms with E-state index in [2.05, 4.69) is 15.5 Å². The van der Waals surface area contributed by atoms with Gasteiger partial charge in [0.15, 0.2) is 0 Å². The topological polar surface area (TPSA) is 53.6 Å². The van der Waals surface area contributed by atoms with Crippen molar-refractivity contribution < 1.29 is 9.53 Å². The summed E-state index contributed by atoms with van der Waals surface area (Å²) in [6.07, 6.45) is 0. The second-order valence-corrected chi connectivity index (χ2v) is 6.75. The maximum absolute atomic E-state index is 12.3. The third-order valence-corrected chi connectivity index (χ3v) is 4.66. The van der Waals surface area contributed by atoms with Gasteiger partial charge < -0.3 is 20.3 Å². The predicted molar refractivity (Wildman–Crippen MR) is 106 cm³/mol. The number of hydrogen-bond acceptors (Lipinski definition) is 4. The van der Waals surface area contributed by atoms with Gasteiger partial charge in [0.25, 0.3) is 0 Å². The van der Waals surface area contributed by atoms with E-state index in [1.807, 2.05) is 55.5 Å². The van der Waals surface area contributed by atoms with Crippen LogP contribution in [0.5, 0.6) is 0 Å². The maximum atomic E-state index is 12.3. The molecule has 0 aromatic heterocycles. The van der Waals surface area contributed by atoms with Crippen LogP contribution in [0.1, 0.15) is 18.5 Å². The third-order valence-electron chi connectivity index (χ3n) is 4.43. The summed E-state index contributed by atoms with van der Waals surface area (Å²) in [5.74, 6) is -0.0609. The number of carbonyl (C=O) groups excluding carboxylic acids is 1. The zero-order valence-electron chi connectivity index (χ0n) is 14.9. The van der Waals surface area contributed by atoms with Gasteiger partial charge in [-0.15, -0.1) is 0 Å². The summed E-state index contributed by atoms with van der Waals surface area (Å²) in [5, 5.41) is 6.88. The molecule has 0 unspecified atom stereocenters. The van der Waals surface area contributed by atoms with Crippen molar-refractivity contribution in [3.8, 4) is 0 Å². The molecule has 2 N–H and O–H groups in total. The molecule has 3 rings (SSSR count). The van der Waals surface area contributed by atoms with E-state index in [0.717, 1.165) is 30.0 Å². The second-order valence-electron chi connectivity index (χ2n) is 6.31. The Hall–Kier alpha value is -2.24. The summed E-state index contributed by atoms with van der Waals surface area (Å²) in [5.41, 5.74) is 2.99. The number of nitrogens with one attached hydrogen (secondary N) is 2. The summed E-state index contributed by atoms with van der Waals surface area (Å²) in [6.45, 7) is 5.23. The SMILES string of the molecule is C[C@H](NC(=O)CNc1cc(Cl)ccc1N1CCOCC1)c1ccccc1. The number of halogens is 1. The molecule has 2 aromatic carbocycles. The van der Waals surface area contributed by atoms with Crippen molar-refractivity contribution in [2.75, 3.05) is 43.1 Å². The summed E-state index contributed by atoms with van der Waals surface area (Å²) < 4.78 is 5.42. The molecule has 0 radical (unpaired) electrons. The lowest BCUT2D eigenvalue weighted by Crippen LogP contribution is -2.37. The van der Waals surface area contributed by atoms with Crippen molar-refractivity contribution in [3.05, 3.63) is 59.1 Å². The minimum atomic E-state index is -0.0609. The van der Waals surface area contributed by atoms with Gasteiger partial charge in [-0.05, 0) is 30.7 Å². The molecule has 1 atom stereocenters. The fourth-order valence-corrected chi connectivity index (χ4v) is 3.20. The molecule has 1 fully saturated rings. The maximum Gasteiger partial charge on any atom is 0.239 e. The molecule has 6 heteroatoms. The number of rotatable bonds is 6. The Morgan fingerprint density at radius 2 is 1.92 bits per heavy atom.